The first-order valence-corrected chi connectivity index (χ1v) is 12.9. The van der Waals surface area contributed by atoms with Gasteiger partial charge in [-0.3, -0.25) is 24.3 Å². The quantitative estimate of drug-likeness (QED) is 0.409. The fourth-order valence-corrected chi connectivity index (χ4v) is 4.92. The smallest absolute Gasteiger partial charge is 0.288 e. The Hall–Kier alpha value is -3.92. The second-order valence-corrected chi connectivity index (χ2v) is 9.54. The van der Waals surface area contributed by atoms with E-state index in [1.165, 1.54) is 18.2 Å². The summed E-state index contributed by atoms with van der Waals surface area (Å²) in [5.74, 6) is -0.181. The number of rotatable bonds is 6. The molecule has 1 N–H and O–H groups in total. The zero-order chi connectivity index (χ0) is 24.9. The van der Waals surface area contributed by atoms with Crippen LogP contribution in [-0.2, 0) is 9.59 Å². The molecule has 3 aromatic rings. The van der Waals surface area contributed by atoms with Gasteiger partial charge in [0.15, 0.2) is 5.17 Å². The minimum atomic E-state index is -0.276. The topological polar surface area (TPSA) is 94.9 Å². The van der Waals surface area contributed by atoms with Gasteiger partial charge < -0.3 is 0 Å². The predicted octanol–water partition coefficient (Wildman–Crippen LogP) is 3.51. The molecule has 0 unspecified atom stereocenters. The van der Waals surface area contributed by atoms with Crippen molar-refractivity contribution in [2.75, 3.05) is 34.1 Å². The molecule has 2 amide bonds. The Balaban J connectivity index is 1.30. The van der Waals surface area contributed by atoms with E-state index in [9.17, 15) is 9.59 Å². The van der Waals surface area contributed by atoms with E-state index in [4.69, 9.17) is 4.52 Å². The molecule has 0 spiro atoms. The first-order valence-electron chi connectivity index (χ1n) is 11.9. The van der Waals surface area contributed by atoms with Crippen molar-refractivity contribution in [3.05, 3.63) is 77.6 Å². The molecule has 0 saturated carbocycles. The van der Waals surface area contributed by atoms with Crippen LogP contribution < -0.4 is 20.0 Å². The largest absolute Gasteiger partial charge is 0.305 e. The molecule has 0 atom stereocenters. The van der Waals surface area contributed by atoms with E-state index in [0.29, 0.717) is 16.6 Å². The van der Waals surface area contributed by atoms with Gasteiger partial charge in [0.05, 0.1) is 29.3 Å². The first kappa shape index (κ1) is 23.8. The normalized spacial score (nSPS) is 17.0. The van der Waals surface area contributed by atoms with Crippen molar-refractivity contribution >= 4 is 46.4 Å². The van der Waals surface area contributed by atoms with Crippen molar-refractivity contribution in [3.63, 3.8) is 0 Å². The number of benzene rings is 2. The zero-order valence-corrected chi connectivity index (χ0v) is 20.8. The lowest BCUT2D eigenvalue weighted by Crippen LogP contribution is -2.60. The standard InChI is InChI=1S/C26H26N6O3S/c1-19-10-6-7-11-20(19)16-22-25(34)32(21-12-4-2-5-13-21)26(27-22)36-18-23(33)28-24-17-31(29-35-24)30-14-8-3-9-15-30/h2,4-7,10-13,16-17H,3,8-9,14-15,18H2,1H3/p+1/b22-16+. The molecule has 9 nitrogen and oxygen atoms in total. The Kier molecular flexibility index (Phi) is 7.13. The summed E-state index contributed by atoms with van der Waals surface area (Å²) in [5, 5.41) is 9.28. The molecular formula is C26H27N6O3S+. The van der Waals surface area contributed by atoms with Gasteiger partial charge in [-0.05, 0) is 55.5 Å². The molecular weight excluding hydrogens is 476 g/mol. The van der Waals surface area contributed by atoms with Crippen LogP contribution in [0.3, 0.4) is 0 Å². The lowest BCUT2D eigenvalue weighted by molar-refractivity contribution is -0.759. The molecule has 36 heavy (non-hydrogen) atoms. The van der Waals surface area contributed by atoms with Gasteiger partial charge in [-0.1, -0.05) is 54.2 Å². The van der Waals surface area contributed by atoms with Crippen molar-refractivity contribution in [1.29, 1.82) is 0 Å². The molecule has 3 heterocycles. The SMILES string of the molecule is Cc1ccccc1/C=C1/N=C(SCC(=O)Nc2c[n+](N3CCCCC3)no2)N(c2ccccc2)C1=O. The van der Waals surface area contributed by atoms with Gasteiger partial charge in [0.1, 0.15) is 5.70 Å². The average molecular weight is 504 g/mol. The molecule has 0 bridgehead atoms. The van der Waals surface area contributed by atoms with Crippen LogP contribution in [0, 0.1) is 6.92 Å². The molecule has 1 aromatic heterocycles. The van der Waals surface area contributed by atoms with Gasteiger partial charge >= 0.3 is 5.88 Å². The summed E-state index contributed by atoms with van der Waals surface area (Å²) in [6, 6.07) is 17.1. The van der Waals surface area contributed by atoms with Crippen LogP contribution >= 0.6 is 11.8 Å². The van der Waals surface area contributed by atoms with Crippen LogP contribution in [0.1, 0.15) is 30.4 Å². The number of nitrogens with one attached hydrogen (secondary N) is 1. The second-order valence-electron chi connectivity index (χ2n) is 8.59. The molecule has 5 rings (SSSR count). The summed E-state index contributed by atoms with van der Waals surface area (Å²) in [5.41, 5.74) is 3.00. The number of para-hydroxylation sites is 1. The molecule has 2 aliphatic rings. The highest BCUT2D eigenvalue weighted by Crippen LogP contribution is 2.29. The number of aliphatic imine (C=N–C) groups is 1. The van der Waals surface area contributed by atoms with Crippen molar-refractivity contribution < 1.29 is 18.9 Å². The highest BCUT2D eigenvalue weighted by Gasteiger charge is 2.32. The number of carbonyl (C=O) groups excluding carboxylic acids is 2. The number of amidine groups is 1. The number of nitrogens with zero attached hydrogens (tertiary/aromatic N) is 5. The van der Waals surface area contributed by atoms with Crippen LogP contribution in [0.5, 0.6) is 0 Å². The van der Waals surface area contributed by atoms with Crippen molar-refractivity contribution in [1.82, 2.24) is 5.27 Å². The van der Waals surface area contributed by atoms with Crippen LogP contribution in [0.4, 0.5) is 11.6 Å². The van der Waals surface area contributed by atoms with Gasteiger partial charge in [-0.25, -0.2) is 4.99 Å². The lowest BCUT2D eigenvalue weighted by atomic mass is 10.1. The fourth-order valence-electron chi connectivity index (χ4n) is 4.11. The molecule has 1 saturated heterocycles. The summed E-state index contributed by atoms with van der Waals surface area (Å²) >= 11 is 1.19. The van der Waals surface area contributed by atoms with Gasteiger partial charge in [0, 0.05) is 0 Å². The van der Waals surface area contributed by atoms with Crippen molar-refractivity contribution in [2.45, 2.75) is 26.2 Å². The molecule has 2 aromatic carbocycles. The monoisotopic (exact) mass is 503 g/mol. The summed E-state index contributed by atoms with van der Waals surface area (Å²) in [6.07, 6.45) is 6.89. The highest BCUT2D eigenvalue weighted by atomic mass is 32.2. The zero-order valence-electron chi connectivity index (χ0n) is 20.0. The number of anilines is 2. The maximum atomic E-state index is 13.3. The van der Waals surface area contributed by atoms with E-state index in [0.717, 1.165) is 37.1 Å². The number of hydrogen-bond donors (Lipinski definition) is 1. The Morgan fingerprint density at radius 2 is 1.86 bits per heavy atom. The molecule has 10 heteroatoms. The van der Waals surface area contributed by atoms with E-state index < -0.39 is 0 Å². The number of hydrogen-bond acceptors (Lipinski definition) is 7. The second kappa shape index (κ2) is 10.8. The van der Waals surface area contributed by atoms with Gasteiger partial charge in [-0.2, -0.15) is 5.01 Å². The Bertz CT molecular complexity index is 1310. The maximum Gasteiger partial charge on any atom is 0.305 e. The van der Waals surface area contributed by atoms with Gasteiger partial charge in [0.25, 0.3) is 12.1 Å². The van der Waals surface area contributed by atoms with Crippen LogP contribution in [0.25, 0.3) is 6.08 Å². The highest BCUT2D eigenvalue weighted by molar-refractivity contribution is 8.14. The summed E-state index contributed by atoms with van der Waals surface area (Å²) in [6.45, 7) is 3.80. The number of piperidine rings is 1. The molecule has 1 fully saturated rings. The van der Waals surface area contributed by atoms with Crippen LogP contribution in [0.2, 0.25) is 0 Å². The number of aryl methyl sites for hydroxylation is 1. The number of amides is 2. The Morgan fingerprint density at radius 3 is 2.64 bits per heavy atom. The molecule has 0 radical (unpaired) electrons. The number of carbonyl (C=O) groups is 2. The van der Waals surface area contributed by atoms with E-state index in [1.54, 1.807) is 22.0 Å². The van der Waals surface area contributed by atoms with Crippen molar-refractivity contribution in [2.24, 2.45) is 4.99 Å². The summed E-state index contributed by atoms with van der Waals surface area (Å²) < 4.78 is 5.29. The van der Waals surface area contributed by atoms with E-state index in [1.807, 2.05) is 61.5 Å². The van der Waals surface area contributed by atoms with Gasteiger partial charge in [0.2, 0.25) is 11.2 Å². The van der Waals surface area contributed by atoms with E-state index in [-0.39, 0.29) is 23.5 Å². The minimum Gasteiger partial charge on any atom is -0.288 e. The molecule has 0 aliphatic carbocycles. The average Bonchev–Trinajstić information content (AvgIpc) is 3.49. The van der Waals surface area contributed by atoms with E-state index >= 15 is 0 Å². The molecule has 184 valence electrons. The van der Waals surface area contributed by atoms with E-state index in [2.05, 4.69) is 20.6 Å². The van der Waals surface area contributed by atoms with Crippen LogP contribution in [0.15, 0.2) is 76.0 Å². The number of aromatic nitrogens is 2. The lowest BCUT2D eigenvalue weighted by Gasteiger charge is -2.17. The first-order chi connectivity index (χ1) is 17.6. The predicted molar refractivity (Wildman–Crippen MR) is 140 cm³/mol. The van der Waals surface area contributed by atoms with Gasteiger partial charge in [-0.15, -0.1) is 0 Å². The minimum absolute atomic E-state index is 0.0531. The molecule has 2 aliphatic heterocycles. The summed E-state index contributed by atoms with van der Waals surface area (Å²) in [7, 11) is 0. The Morgan fingerprint density at radius 1 is 1.11 bits per heavy atom. The van der Waals surface area contributed by atoms with Crippen LogP contribution in [-0.4, -0.2) is 41.1 Å². The third kappa shape index (κ3) is 5.33. The fraction of sp³-hybridized carbons (Fsp3) is 0.269. The maximum absolute atomic E-state index is 13.3. The summed E-state index contributed by atoms with van der Waals surface area (Å²) in [4.78, 5) is 33.8. The third-order valence-electron chi connectivity index (χ3n) is 6.00. The number of thioether (sulfide) groups is 1. The third-order valence-corrected chi connectivity index (χ3v) is 6.94. The Labute approximate surface area is 213 Å². The van der Waals surface area contributed by atoms with Crippen molar-refractivity contribution in [3.8, 4) is 0 Å².